The van der Waals surface area contributed by atoms with E-state index in [0.717, 1.165) is 0 Å². The van der Waals surface area contributed by atoms with E-state index in [0.29, 0.717) is 16.3 Å². The van der Waals surface area contributed by atoms with Gasteiger partial charge in [0.1, 0.15) is 10.8 Å². The molecular weight excluding hydrogens is 194 g/mol. The zero-order valence-electron chi connectivity index (χ0n) is 6.95. The van der Waals surface area contributed by atoms with Crippen molar-refractivity contribution in [2.24, 2.45) is 0 Å². The van der Waals surface area contributed by atoms with Gasteiger partial charge in [-0.15, -0.1) is 0 Å². The largest absolute Gasteiger partial charge is 0.495 e. The summed E-state index contributed by atoms with van der Waals surface area (Å²) in [5, 5.41) is 8.87. The van der Waals surface area contributed by atoms with Gasteiger partial charge in [-0.25, -0.2) is 0 Å². The SMILES string of the molecule is COc1c(Cl)cncc1CC(=O)O. The number of hydrogen-bond donors (Lipinski definition) is 1. The molecule has 0 bridgehead atoms. The molecule has 0 radical (unpaired) electrons. The van der Waals surface area contributed by atoms with Gasteiger partial charge in [0.25, 0.3) is 0 Å². The third-order valence-electron chi connectivity index (χ3n) is 1.47. The molecule has 0 spiro atoms. The lowest BCUT2D eigenvalue weighted by atomic mass is 10.2. The van der Waals surface area contributed by atoms with Gasteiger partial charge < -0.3 is 9.84 Å². The number of hydrogen-bond acceptors (Lipinski definition) is 3. The number of rotatable bonds is 3. The average Bonchev–Trinajstić information content (AvgIpc) is 2.03. The Morgan fingerprint density at radius 3 is 2.92 bits per heavy atom. The number of aliphatic carboxylic acids is 1. The predicted molar refractivity (Wildman–Crippen MR) is 47.1 cm³/mol. The van der Waals surface area contributed by atoms with Gasteiger partial charge in [-0.05, 0) is 0 Å². The normalized spacial score (nSPS) is 9.69. The van der Waals surface area contributed by atoms with Gasteiger partial charge in [0, 0.05) is 18.0 Å². The number of carboxylic acids is 1. The van der Waals surface area contributed by atoms with Gasteiger partial charge in [0.2, 0.25) is 0 Å². The minimum absolute atomic E-state index is 0.142. The molecule has 5 heteroatoms. The molecule has 0 saturated heterocycles. The first-order valence-electron chi connectivity index (χ1n) is 3.53. The second kappa shape index (κ2) is 4.09. The van der Waals surface area contributed by atoms with Crippen LogP contribution in [0.25, 0.3) is 0 Å². The van der Waals surface area contributed by atoms with Gasteiger partial charge in [0.05, 0.1) is 13.5 Å². The van der Waals surface area contributed by atoms with E-state index in [2.05, 4.69) is 4.98 Å². The van der Waals surface area contributed by atoms with Crippen molar-refractivity contribution >= 4 is 17.6 Å². The molecule has 1 aromatic heterocycles. The molecule has 1 heterocycles. The topological polar surface area (TPSA) is 59.4 Å². The first kappa shape index (κ1) is 9.80. The smallest absolute Gasteiger partial charge is 0.308 e. The summed E-state index contributed by atoms with van der Waals surface area (Å²) in [6.45, 7) is 0. The molecule has 1 aromatic rings. The van der Waals surface area contributed by atoms with Crippen molar-refractivity contribution in [3.8, 4) is 5.75 Å². The van der Waals surface area contributed by atoms with Crippen LogP contribution in [0.2, 0.25) is 5.02 Å². The Labute approximate surface area is 80.1 Å². The summed E-state index contributed by atoms with van der Waals surface area (Å²) < 4.78 is 4.94. The van der Waals surface area contributed by atoms with Crippen LogP contribution in [0.3, 0.4) is 0 Å². The van der Waals surface area contributed by atoms with Crippen LogP contribution in [-0.2, 0) is 11.2 Å². The molecule has 0 atom stereocenters. The molecule has 4 nitrogen and oxygen atoms in total. The quantitative estimate of drug-likeness (QED) is 0.803. The van der Waals surface area contributed by atoms with Crippen molar-refractivity contribution in [3.63, 3.8) is 0 Å². The Kier molecular flexibility index (Phi) is 3.08. The Bertz CT molecular complexity index is 327. The van der Waals surface area contributed by atoms with Crippen LogP contribution < -0.4 is 4.74 Å². The number of nitrogens with zero attached hydrogens (tertiary/aromatic N) is 1. The van der Waals surface area contributed by atoms with E-state index in [-0.39, 0.29) is 6.42 Å². The number of carboxylic acid groups (broad SMARTS) is 1. The molecule has 70 valence electrons. The monoisotopic (exact) mass is 201 g/mol. The first-order valence-corrected chi connectivity index (χ1v) is 3.91. The van der Waals surface area contributed by atoms with E-state index in [9.17, 15) is 4.79 Å². The van der Waals surface area contributed by atoms with Crippen molar-refractivity contribution in [3.05, 3.63) is 23.0 Å². The third kappa shape index (κ3) is 2.32. The van der Waals surface area contributed by atoms with Crippen LogP contribution in [0.4, 0.5) is 0 Å². The van der Waals surface area contributed by atoms with Gasteiger partial charge in [-0.2, -0.15) is 0 Å². The van der Waals surface area contributed by atoms with E-state index in [1.807, 2.05) is 0 Å². The molecule has 0 amide bonds. The fourth-order valence-corrected chi connectivity index (χ4v) is 1.24. The molecular formula is C8H8ClNO3. The molecule has 0 saturated carbocycles. The lowest BCUT2D eigenvalue weighted by molar-refractivity contribution is -0.136. The van der Waals surface area contributed by atoms with E-state index < -0.39 is 5.97 Å². The second-order valence-corrected chi connectivity index (χ2v) is 2.79. The van der Waals surface area contributed by atoms with Crippen molar-refractivity contribution in [1.29, 1.82) is 0 Å². The molecule has 0 aliphatic rings. The summed E-state index contributed by atoms with van der Waals surface area (Å²) in [4.78, 5) is 14.2. The first-order chi connectivity index (χ1) is 6.15. The highest BCUT2D eigenvalue weighted by Crippen LogP contribution is 2.27. The second-order valence-electron chi connectivity index (χ2n) is 2.38. The molecule has 1 N–H and O–H groups in total. The maximum atomic E-state index is 10.4. The molecule has 0 fully saturated rings. The number of pyridine rings is 1. The van der Waals surface area contributed by atoms with E-state index in [1.165, 1.54) is 19.5 Å². The Morgan fingerprint density at radius 2 is 2.38 bits per heavy atom. The third-order valence-corrected chi connectivity index (χ3v) is 1.74. The molecule has 13 heavy (non-hydrogen) atoms. The molecule has 0 aliphatic heterocycles. The number of methoxy groups -OCH3 is 1. The molecule has 0 aromatic carbocycles. The summed E-state index contributed by atoms with van der Waals surface area (Å²) in [6.07, 6.45) is 2.70. The van der Waals surface area contributed by atoms with E-state index >= 15 is 0 Å². The molecule has 1 rings (SSSR count). The number of ether oxygens (including phenoxy) is 1. The number of halogens is 1. The fourth-order valence-electron chi connectivity index (χ4n) is 0.981. The highest BCUT2D eigenvalue weighted by atomic mass is 35.5. The maximum absolute atomic E-state index is 10.4. The minimum atomic E-state index is -0.942. The van der Waals surface area contributed by atoms with Crippen LogP contribution >= 0.6 is 11.6 Å². The summed E-state index contributed by atoms with van der Waals surface area (Å²) >= 11 is 5.73. The highest BCUT2D eigenvalue weighted by molar-refractivity contribution is 6.32. The standard InChI is InChI=1S/C8H8ClNO3/c1-13-8-5(2-7(11)12)3-10-4-6(8)9/h3-4H,2H2,1H3,(H,11,12). The Hall–Kier alpha value is -1.29. The van der Waals surface area contributed by atoms with Crippen LogP contribution in [0, 0.1) is 0 Å². The Morgan fingerprint density at radius 1 is 1.69 bits per heavy atom. The van der Waals surface area contributed by atoms with Crippen molar-refractivity contribution in [2.75, 3.05) is 7.11 Å². The summed E-state index contributed by atoms with van der Waals surface area (Å²) in [7, 11) is 1.44. The predicted octanol–water partition coefficient (Wildman–Crippen LogP) is 1.37. The average molecular weight is 202 g/mol. The number of carbonyl (C=O) groups is 1. The lowest BCUT2D eigenvalue weighted by Gasteiger charge is -2.06. The van der Waals surface area contributed by atoms with Crippen molar-refractivity contribution < 1.29 is 14.6 Å². The maximum Gasteiger partial charge on any atom is 0.308 e. The Balaban J connectivity index is 3.05. The van der Waals surface area contributed by atoms with Crippen LogP contribution in [0.5, 0.6) is 5.75 Å². The summed E-state index contributed by atoms with van der Waals surface area (Å²) in [5.41, 5.74) is 0.475. The van der Waals surface area contributed by atoms with Gasteiger partial charge in [-0.1, -0.05) is 11.6 Å². The lowest BCUT2D eigenvalue weighted by Crippen LogP contribution is -2.03. The van der Waals surface area contributed by atoms with Gasteiger partial charge in [0.15, 0.2) is 0 Å². The van der Waals surface area contributed by atoms with Gasteiger partial charge >= 0.3 is 5.97 Å². The number of aromatic nitrogens is 1. The summed E-state index contributed by atoms with van der Waals surface area (Å²) in [6, 6.07) is 0. The van der Waals surface area contributed by atoms with E-state index in [1.54, 1.807) is 0 Å². The fraction of sp³-hybridized carbons (Fsp3) is 0.250. The van der Waals surface area contributed by atoms with Crippen LogP contribution in [0.15, 0.2) is 12.4 Å². The molecule has 0 unspecified atom stereocenters. The minimum Gasteiger partial charge on any atom is -0.495 e. The van der Waals surface area contributed by atoms with Crippen LogP contribution in [0.1, 0.15) is 5.56 Å². The van der Waals surface area contributed by atoms with Crippen LogP contribution in [-0.4, -0.2) is 23.2 Å². The zero-order valence-corrected chi connectivity index (χ0v) is 7.71. The van der Waals surface area contributed by atoms with Crippen molar-refractivity contribution in [1.82, 2.24) is 4.98 Å². The van der Waals surface area contributed by atoms with E-state index in [4.69, 9.17) is 21.4 Å². The molecule has 0 aliphatic carbocycles. The highest BCUT2D eigenvalue weighted by Gasteiger charge is 2.10. The van der Waals surface area contributed by atoms with Crippen molar-refractivity contribution in [2.45, 2.75) is 6.42 Å². The van der Waals surface area contributed by atoms with Gasteiger partial charge in [-0.3, -0.25) is 9.78 Å². The summed E-state index contributed by atoms with van der Waals surface area (Å²) in [5.74, 6) is -0.568. The zero-order chi connectivity index (χ0) is 9.84.